The monoisotopic (exact) mass is 304 g/mol. The van der Waals surface area contributed by atoms with Crippen molar-refractivity contribution in [2.45, 2.75) is 25.8 Å². The van der Waals surface area contributed by atoms with Crippen LogP contribution in [0.2, 0.25) is 5.02 Å². The fraction of sp³-hybridized carbons (Fsp3) is 0.471. The van der Waals surface area contributed by atoms with E-state index in [9.17, 15) is 5.11 Å². The highest BCUT2D eigenvalue weighted by Crippen LogP contribution is 2.31. The summed E-state index contributed by atoms with van der Waals surface area (Å²) in [6.45, 7) is 2.07. The Hall–Kier alpha value is -1.16. The van der Waals surface area contributed by atoms with Gasteiger partial charge in [-0.05, 0) is 55.0 Å². The molecule has 2 unspecified atom stereocenters. The highest BCUT2D eigenvalue weighted by Gasteiger charge is 2.25. The van der Waals surface area contributed by atoms with Crippen LogP contribution in [0.15, 0.2) is 30.5 Å². The minimum absolute atomic E-state index is 0.317. The number of nitrogens with one attached hydrogen (secondary N) is 1. The largest absolute Gasteiger partial charge is 0.396 e. The van der Waals surface area contributed by atoms with E-state index in [-0.39, 0.29) is 0 Å². The molecule has 1 saturated carbocycles. The topological polar surface area (TPSA) is 45.1 Å². The quantitative estimate of drug-likeness (QED) is 0.890. The number of hydrogen-bond acceptors (Lipinski definition) is 3. The van der Waals surface area contributed by atoms with Crippen LogP contribution >= 0.6 is 11.6 Å². The first-order valence-corrected chi connectivity index (χ1v) is 8.01. The number of aliphatic hydroxyl groups is 1. The molecule has 2 aromatic rings. The maximum Gasteiger partial charge on any atom is 0.0761 e. The van der Waals surface area contributed by atoms with E-state index in [0.717, 1.165) is 35.4 Å². The van der Waals surface area contributed by atoms with Gasteiger partial charge in [-0.15, -0.1) is 0 Å². The summed E-state index contributed by atoms with van der Waals surface area (Å²) in [7, 11) is 0. The smallest absolute Gasteiger partial charge is 0.0761 e. The lowest BCUT2D eigenvalue weighted by atomic mass is 9.97. The second kappa shape index (κ2) is 6.73. The van der Waals surface area contributed by atoms with E-state index in [1.807, 2.05) is 24.3 Å². The molecule has 1 aromatic heterocycles. The van der Waals surface area contributed by atoms with E-state index in [1.54, 1.807) is 6.20 Å². The van der Waals surface area contributed by atoms with Crippen molar-refractivity contribution < 1.29 is 5.11 Å². The Morgan fingerprint density at radius 2 is 2.10 bits per heavy atom. The second-order valence-corrected chi connectivity index (χ2v) is 6.28. The molecular weight excluding hydrogens is 284 g/mol. The Balaban J connectivity index is 1.67. The molecule has 21 heavy (non-hydrogen) atoms. The molecule has 0 bridgehead atoms. The lowest BCUT2D eigenvalue weighted by Gasteiger charge is -2.18. The second-order valence-electron chi connectivity index (χ2n) is 5.87. The number of benzene rings is 1. The van der Waals surface area contributed by atoms with Crippen molar-refractivity contribution in [1.82, 2.24) is 10.3 Å². The predicted molar refractivity (Wildman–Crippen MR) is 86.4 cm³/mol. The molecule has 2 N–H and O–H groups in total. The van der Waals surface area contributed by atoms with Crippen LogP contribution in [0.3, 0.4) is 0 Å². The number of aliphatic hydroxyl groups excluding tert-OH is 1. The van der Waals surface area contributed by atoms with Crippen molar-refractivity contribution in [3.8, 4) is 0 Å². The van der Waals surface area contributed by atoms with Gasteiger partial charge in [0.1, 0.15) is 0 Å². The van der Waals surface area contributed by atoms with Gasteiger partial charge in [-0.2, -0.15) is 0 Å². The molecule has 2 atom stereocenters. The Kier molecular flexibility index (Phi) is 4.73. The lowest BCUT2D eigenvalue weighted by molar-refractivity contribution is 0.192. The third-order valence-electron chi connectivity index (χ3n) is 4.57. The van der Waals surface area contributed by atoms with Gasteiger partial charge in [-0.1, -0.05) is 24.1 Å². The van der Waals surface area contributed by atoms with Crippen molar-refractivity contribution in [3.63, 3.8) is 0 Å². The molecule has 0 radical (unpaired) electrons. The molecular formula is C17H21ClN2O. The fourth-order valence-corrected chi connectivity index (χ4v) is 3.57. The summed E-state index contributed by atoms with van der Waals surface area (Å²) in [6, 6.07) is 7.90. The fourth-order valence-electron chi connectivity index (χ4n) is 3.35. The Bertz CT molecular complexity index is 617. The molecule has 0 spiro atoms. The zero-order valence-corrected chi connectivity index (χ0v) is 12.8. The van der Waals surface area contributed by atoms with E-state index in [0.29, 0.717) is 18.4 Å². The molecule has 1 fully saturated rings. The minimum atomic E-state index is 0.317. The number of aromatic nitrogens is 1. The molecule has 3 rings (SSSR count). The Labute approximate surface area is 130 Å². The molecule has 0 saturated heterocycles. The number of hydrogen-bond donors (Lipinski definition) is 2. The standard InChI is InChI=1S/C17H21ClN2O/c18-16-7-6-13(17-15(16)5-2-8-20-17)10-19-9-12-3-1-4-14(12)11-21/h2,5-8,12,14,19,21H,1,3-4,9-11H2. The van der Waals surface area contributed by atoms with Crippen LogP contribution in [-0.4, -0.2) is 23.2 Å². The van der Waals surface area contributed by atoms with E-state index in [2.05, 4.69) is 10.3 Å². The minimum Gasteiger partial charge on any atom is -0.396 e. The summed E-state index contributed by atoms with van der Waals surface area (Å²) in [6.07, 6.45) is 5.43. The van der Waals surface area contributed by atoms with Gasteiger partial charge in [0.15, 0.2) is 0 Å². The average molecular weight is 305 g/mol. The highest BCUT2D eigenvalue weighted by atomic mass is 35.5. The molecule has 112 valence electrons. The number of halogens is 1. The highest BCUT2D eigenvalue weighted by molar-refractivity contribution is 6.35. The van der Waals surface area contributed by atoms with Gasteiger partial charge in [-0.25, -0.2) is 0 Å². The SMILES string of the molecule is OCC1CCCC1CNCc1ccc(Cl)c2cccnc12. The summed E-state index contributed by atoms with van der Waals surface area (Å²) >= 11 is 6.22. The molecule has 4 heteroatoms. The number of pyridine rings is 1. The first kappa shape index (κ1) is 14.8. The van der Waals surface area contributed by atoms with E-state index in [4.69, 9.17) is 11.6 Å². The van der Waals surface area contributed by atoms with Gasteiger partial charge in [0.2, 0.25) is 0 Å². The molecule has 0 amide bonds. The predicted octanol–water partition coefficient (Wildman–Crippen LogP) is 3.39. The summed E-state index contributed by atoms with van der Waals surface area (Å²) in [5.74, 6) is 1.07. The maximum absolute atomic E-state index is 9.37. The van der Waals surface area contributed by atoms with E-state index >= 15 is 0 Å². The Morgan fingerprint density at radius 3 is 2.95 bits per heavy atom. The van der Waals surface area contributed by atoms with Crippen LogP contribution < -0.4 is 5.32 Å². The third kappa shape index (κ3) is 3.20. The van der Waals surface area contributed by atoms with Crippen molar-refractivity contribution >= 4 is 22.5 Å². The van der Waals surface area contributed by atoms with Crippen molar-refractivity contribution in [2.24, 2.45) is 11.8 Å². The summed E-state index contributed by atoms with van der Waals surface area (Å²) < 4.78 is 0. The van der Waals surface area contributed by atoms with Gasteiger partial charge in [0.25, 0.3) is 0 Å². The van der Waals surface area contributed by atoms with Crippen LogP contribution in [0, 0.1) is 11.8 Å². The van der Waals surface area contributed by atoms with Crippen LogP contribution in [-0.2, 0) is 6.54 Å². The first-order chi connectivity index (χ1) is 10.3. The third-order valence-corrected chi connectivity index (χ3v) is 4.90. The summed E-state index contributed by atoms with van der Waals surface area (Å²) in [4.78, 5) is 4.46. The summed E-state index contributed by atoms with van der Waals surface area (Å²) in [5, 5.41) is 14.7. The van der Waals surface area contributed by atoms with Gasteiger partial charge in [0.05, 0.1) is 5.52 Å². The van der Waals surface area contributed by atoms with Crippen LogP contribution in [0.25, 0.3) is 10.9 Å². The van der Waals surface area contributed by atoms with Gasteiger partial charge in [0, 0.05) is 29.8 Å². The number of rotatable bonds is 5. The molecule has 1 aliphatic carbocycles. The molecule has 0 aliphatic heterocycles. The first-order valence-electron chi connectivity index (χ1n) is 7.63. The van der Waals surface area contributed by atoms with Gasteiger partial charge < -0.3 is 10.4 Å². The number of nitrogens with zero attached hydrogens (tertiary/aromatic N) is 1. The van der Waals surface area contributed by atoms with Crippen LogP contribution in [0.1, 0.15) is 24.8 Å². The van der Waals surface area contributed by atoms with Crippen molar-refractivity contribution in [2.75, 3.05) is 13.2 Å². The van der Waals surface area contributed by atoms with Crippen molar-refractivity contribution in [3.05, 3.63) is 41.0 Å². The van der Waals surface area contributed by atoms with E-state index < -0.39 is 0 Å². The van der Waals surface area contributed by atoms with Gasteiger partial charge >= 0.3 is 0 Å². The number of fused-ring (bicyclic) bond motifs is 1. The molecule has 1 aromatic carbocycles. The normalized spacial score (nSPS) is 22.0. The molecule has 1 aliphatic rings. The zero-order chi connectivity index (χ0) is 14.7. The lowest BCUT2D eigenvalue weighted by Crippen LogP contribution is -2.26. The van der Waals surface area contributed by atoms with Crippen LogP contribution in [0.5, 0.6) is 0 Å². The molecule has 1 heterocycles. The van der Waals surface area contributed by atoms with Crippen LogP contribution in [0.4, 0.5) is 0 Å². The van der Waals surface area contributed by atoms with Gasteiger partial charge in [-0.3, -0.25) is 4.98 Å². The van der Waals surface area contributed by atoms with E-state index in [1.165, 1.54) is 18.4 Å². The van der Waals surface area contributed by atoms with Crippen molar-refractivity contribution in [1.29, 1.82) is 0 Å². The average Bonchev–Trinajstić information content (AvgIpc) is 2.97. The maximum atomic E-state index is 9.37. The zero-order valence-electron chi connectivity index (χ0n) is 12.1. The summed E-state index contributed by atoms with van der Waals surface area (Å²) in [5.41, 5.74) is 2.15. The molecule has 3 nitrogen and oxygen atoms in total. The Morgan fingerprint density at radius 1 is 1.24 bits per heavy atom.